The van der Waals surface area contributed by atoms with Gasteiger partial charge >= 0.3 is 6.03 Å². The van der Waals surface area contributed by atoms with Crippen molar-refractivity contribution in [1.29, 1.82) is 0 Å². The fraction of sp³-hybridized carbons (Fsp3) is 0.579. The summed E-state index contributed by atoms with van der Waals surface area (Å²) in [5.41, 5.74) is 0.785. The van der Waals surface area contributed by atoms with E-state index in [4.69, 9.17) is 4.74 Å². The van der Waals surface area contributed by atoms with Crippen molar-refractivity contribution in [3.8, 4) is 0 Å². The number of urea groups is 1. The van der Waals surface area contributed by atoms with E-state index in [0.29, 0.717) is 31.9 Å². The smallest absolute Gasteiger partial charge is 0.322 e. The van der Waals surface area contributed by atoms with Crippen LogP contribution in [0.4, 0.5) is 10.5 Å². The monoisotopic (exact) mass is 343 g/mol. The predicted octanol–water partition coefficient (Wildman–Crippen LogP) is 2.22. The number of nitrogens with one attached hydrogen (secondary N) is 2. The molecule has 0 spiro atoms. The molecule has 25 heavy (non-hydrogen) atoms. The van der Waals surface area contributed by atoms with Gasteiger partial charge in [-0.1, -0.05) is 18.2 Å². The van der Waals surface area contributed by atoms with Gasteiger partial charge in [0, 0.05) is 24.7 Å². The molecule has 6 nitrogen and oxygen atoms in total. The lowest BCUT2D eigenvalue weighted by Crippen LogP contribution is -2.52. The van der Waals surface area contributed by atoms with Crippen LogP contribution in [-0.4, -0.2) is 48.7 Å². The van der Waals surface area contributed by atoms with Gasteiger partial charge in [0.2, 0.25) is 5.91 Å². The molecule has 2 aliphatic carbocycles. The molecule has 1 saturated heterocycles. The number of carbonyl (C=O) groups is 2. The van der Waals surface area contributed by atoms with E-state index < -0.39 is 0 Å². The fourth-order valence-corrected chi connectivity index (χ4v) is 3.85. The molecule has 0 bridgehead atoms. The van der Waals surface area contributed by atoms with Crippen LogP contribution >= 0.6 is 0 Å². The van der Waals surface area contributed by atoms with Crippen LogP contribution in [0.25, 0.3) is 0 Å². The maximum atomic E-state index is 12.7. The van der Waals surface area contributed by atoms with E-state index in [2.05, 4.69) is 10.6 Å². The molecule has 2 N–H and O–H groups in total. The normalized spacial score (nSPS) is 28.3. The van der Waals surface area contributed by atoms with Gasteiger partial charge in [-0.3, -0.25) is 4.79 Å². The van der Waals surface area contributed by atoms with E-state index in [0.717, 1.165) is 12.2 Å². The van der Waals surface area contributed by atoms with Gasteiger partial charge in [-0.15, -0.1) is 0 Å². The van der Waals surface area contributed by atoms with Crippen LogP contribution in [0.1, 0.15) is 25.7 Å². The van der Waals surface area contributed by atoms with Gasteiger partial charge in [0.05, 0.1) is 18.8 Å². The minimum absolute atomic E-state index is 0.0193. The number of fused-ring (bicyclic) bond motifs is 1. The van der Waals surface area contributed by atoms with Crippen molar-refractivity contribution in [2.45, 2.75) is 37.8 Å². The number of ether oxygens (including phenoxy) is 1. The topological polar surface area (TPSA) is 70.7 Å². The van der Waals surface area contributed by atoms with Gasteiger partial charge in [-0.05, 0) is 43.7 Å². The molecule has 4 rings (SSSR count). The number of hydrogen-bond acceptors (Lipinski definition) is 3. The average Bonchev–Trinajstić information content (AvgIpc) is 3.36. The lowest BCUT2D eigenvalue weighted by molar-refractivity contribution is -0.125. The van der Waals surface area contributed by atoms with Crippen LogP contribution in [0.5, 0.6) is 0 Å². The molecule has 3 amide bonds. The molecule has 3 atom stereocenters. The highest BCUT2D eigenvalue weighted by Crippen LogP contribution is 2.35. The molecule has 3 aliphatic rings. The standard InChI is InChI=1S/C19H25N3O3/c23-18(20-12-13-6-7-13)14-10-16-17(11-14)25-9-8-22(16)19(24)21-15-4-2-1-3-5-15/h1-5,13-14,16-17H,6-12H2,(H,20,23)(H,21,24)/t14-,16+,17+/m0/s1. The number of para-hydroxylation sites is 1. The number of nitrogens with zero attached hydrogens (tertiary/aromatic N) is 1. The summed E-state index contributed by atoms with van der Waals surface area (Å²) in [5.74, 6) is 0.740. The number of carbonyl (C=O) groups excluding carboxylic acids is 2. The third kappa shape index (κ3) is 3.79. The Hall–Kier alpha value is -2.08. The molecular weight excluding hydrogens is 318 g/mol. The molecule has 3 fully saturated rings. The molecule has 6 heteroatoms. The zero-order valence-electron chi connectivity index (χ0n) is 14.3. The first-order valence-corrected chi connectivity index (χ1v) is 9.22. The minimum Gasteiger partial charge on any atom is -0.374 e. The summed E-state index contributed by atoms with van der Waals surface area (Å²) in [6.07, 6.45) is 3.81. The van der Waals surface area contributed by atoms with Gasteiger partial charge < -0.3 is 20.3 Å². The number of rotatable bonds is 4. The van der Waals surface area contributed by atoms with Crippen molar-refractivity contribution in [2.75, 3.05) is 25.0 Å². The Morgan fingerprint density at radius 2 is 1.96 bits per heavy atom. The highest BCUT2D eigenvalue weighted by atomic mass is 16.5. The fourth-order valence-electron chi connectivity index (χ4n) is 3.85. The third-order valence-corrected chi connectivity index (χ3v) is 5.46. The van der Waals surface area contributed by atoms with E-state index in [9.17, 15) is 9.59 Å². The Labute approximate surface area is 147 Å². The summed E-state index contributed by atoms with van der Waals surface area (Å²) in [5, 5.41) is 6.01. The summed E-state index contributed by atoms with van der Waals surface area (Å²) in [7, 11) is 0. The van der Waals surface area contributed by atoms with Crippen LogP contribution in [0.15, 0.2) is 30.3 Å². The van der Waals surface area contributed by atoms with E-state index in [1.807, 2.05) is 35.2 Å². The summed E-state index contributed by atoms with van der Waals surface area (Å²) >= 11 is 0. The highest BCUT2D eigenvalue weighted by Gasteiger charge is 2.45. The molecule has 1 aliphatic heterocycles. The molecule has 1 aromatic rings. The van der Waals surface area contributed by atoms with Crippen LogP contribution in [0.3, 0.4) is 0 Å². The van der Waals surface area contributed by atoms with Gasteiger partial charge in [0.15, 0.2) is 0 Å². The largest absolute Gasteiger partial charge is 0.374 e. The van der Waals surface area contributed by atoms with Gasteiger partial charge in [-0.25, -0.2) is 4.79 Å². The number of morpholine rings is 1. The summed E-state index contributed by atoms with van der Waals surface area (Å²) in [6.45, 7) is 1.89. The quantitative estimate of drug-likeness (QED) is 0.881. The number of amides is 3. The lowest BCUT2D eigenvalue weighted by Gasteiger charge is -2.37. The Kier molecular flexibility index (Phi) is 4.61. The zero-order chi connectivity index (χ0) is 17.2. The lowest BCUT2D eigenvalue weighted by atomic mass is 10.1. The van der Waals surface area contributed by atoms with Gasteiger partial charge in [0.1, 0.15) is 0 Å². The number of hydrogen-bond donors (Lipinski definition) is 2. The highest BCUT2D eigenvalue weighted by molar-refractivity contribution is 5.89. The van der Waals surface area contributed by atoms with Gasteiger partial charge in [-0.2, -0.15) is 0 Å². The Morgan fingerprint density at radius 1 is 1.16 bits per heavy atom. The van der Waals surface area contributed by atoms with Crippen molar-refractivity contribution in [2.24, 2.45) is 11.8 Å². The minimum atomic E-state index is -0.108. The first-order valence-electron chi connectivity index (χ1n) is 9.22. The van der Waals surface area contributed by atoms with Gasteiger partial charge in [0.25, 0.3) is 0 Å². The molecule has 0 unspecified atom stereocenters. The molecule has 134 valence electrons. The van der Waals surface area contributed by atoms with E-state index in [-0.39, 0.29) is 30.0 Å². The van der Waals surface area contributed by atoms with Crippen LogP contribution < -0.4 is 10.6 Å². The molecule has 2 saturated carbocycles. The molecule has 1 aromatic carbocycles. The first-order chi connectivity index (χ1) is 12.2. The molecular formula is C19H25N3O3. The second-order valence-electron chi connectivity index (χ2n) is 7.32. The maximum Gasteiger partial charge on any atom is 0.322 e. The van der Waals surface area contributed by atoms with E-state index in [1.165, 1.54) is 12.8 Å². The average molecular weight is 343 g/mol. The second-order valence-corrected chi connectivity index (χ2v) is 7.32. The van der Waals surface area contributed by atoms with E-state index in [1.54, 1.807) is 0 Å². The first kappa shape index (κ1) is 16.4. The van der Waals surface area contributed by atoms with Crippen LogP contribution in [-0.2, 0) is 9.53 Å². The summed E-state index contributed by atoms with van der Waals surface area (Å²) < 4.78 is 5.85. The van der Waals surface area contributed by atoms with Crippen molar-refractivity contribution in [3.63, 3.8) is 0 Å². The van der Waals surface area contributed by atoms with Crippen LogP contribution in [0.2, 0.25) is 0 Å². The second kappa shape index (κ2) is 7.04. The summed E-state index contributed by atoms with van der Waals surface area (Å²) in [6, 6.07) is 9.33. The number of benzene rings is 1. The maximum absolute atomic E-state index is 12.7. The molecule has 1 heterocycles. The van der Waals surface area contributed by atoms with Crippen molar-refractivity contribution in [3.05, 3.63) is 30.3 Å². The zero-order valence-corrected chi connectivity index (χ0v) is 14.3. The molecule has 0 aromatic heterocycles. The number of anilines is 1. The van der Waals surface area contributed by atoms with Crippen molar-refractivity contribution >= 4 is 17.6 Å². The van der Waals surface area contributed by atoms with Crippen molar-refractivity contribution < 1.29 is 14.3 Å². The Balaban J connectivity index is 1.37. The van der Waals surface area contributed by atoms with Crippen LogP contribution in [0, 0.1) is 11.8 Å². The summed E-state index contributed by atoms with van der Waals surface area (Å²) in [4.78, 5) is 26.9. The molecule has 0 radical (unpaired) electrons. The SMILES string of the molecule is O=C(NCC1CC1)[C@H]1C[C@@H]2[C@@H](C1)OCCN2C(=O)Nc1ccccc1. The third-order valence-electron chi connectivity index (χ3n) is 5.46. The van der Waals surface area contributed by atoms with E-state index >= 15 is 0 Å². The van der Waals surface area contributed by atoms with Crippen molar-refractivity contribution in [1.82, 2.24) is 10.2 Å². The Morgan fingerprint density at radius 3 is 2.72 bits per heavy atom. The Bertz CT molecular complexity index is 632. The predicted molar refractivity (Wildman–Crippen MR) is 94.2 cm³/mol.